The summed E-state index contributed by atoms with van der Waals surface area (Å²) in [6.45, 7) is 5.36. The Bertz CT molecular complexity index is 632. The molecule has 0 unspecified atom stereocenters. The molecule has 1 aromatic carbocycles. The summed E-state index contributed by atoms with van der Waals surface area (Å²) in [6.07, 6.45) is 2.55. The zero-order chi connectivity index (χ0) is 16.2. The molecule has 0 radical (unpaired) electrons. The van der Waals surface area contributed by atoms with Crippen molar-refractivity contribution in [1.82, 2.24) is 14.7 Å². The lowest BCUT2D eigenvalue weighted by atomic mass is 10.1. The SMILES string of the molecule is Cc1cc(CN(Cc2ccc(F)cc2)C[C@H]2CCCO2)n(C)n1. The standard InChI is InChI=1S/C18H24FN3O/c1-14-10-17(21(2)20-14)12-22(13-18-4-3-9-23-18)11-15-5-7-16(19)8-6-15/h5-8,10,18H,3-4,9,11-13H2,1-2H3/t18-/m1/s1. The van der Waals surface area contributed by atoms with Gasteiger partial charge in [0.2, 0.25) is 0 Å². The van der Waals surface area contributed by atoms with E-state index in [-0.39, 0.29) is 5.82 Å². The molecule has 0 saturated carbocycles. The van der Waals surface area contributed by atoms with Gasteiger partial charge in [0.25, 0.3) is 0 Å². The molecule has 0 bridgehead atoms. The summed E-state index contributed by atoms with van der Waals surface area (Å²) in [5.74, 6) is -0.193. The van der Waals surface area contributed by atoms with Crippen molar-refractivity contribution in [2.45, 2.75) is 39.0 Å². The van der Waals surface area contributed by atoms with E-state index >= 15 is 0 Å². The predicted molar refractivity (Wildman–Crippen MR) is 87.4 cm³/mol. The summed E-state index contributed by atoms with van der Waals surface area (Å²) >= 11 is 0. The summed E-state index contributed by atoms with van der Waals surface area (Å²) in [5.41, 5.74) is 3.33. The van der Waals surface area contributed by atoms with E-state index in [1.807, 2.05) is 30.8 Å². The Kier molecular flexibility index (Phi) is 5.08. The van der Waals surface area contributed by atoms with Crippen LogP contribution in [0.4, 0.5) is 4.39 Å². The Hall–Kier alpha value is -1.72. The molecular formula is C18H24FN3O. The van der Waals surface area contributed by atoms with Crippen molar-refractivity contribution in [3.05, 3.63) is 53.1 Å². The molecule has 23 heavy (non-hydrogen) atoms. The highest BCUT2D eigenvalue weighted by Crippen LogP contribution is 2.17. The fourth-order valence-corrected chi connectivity index (χ4v) is 3.15. The van der Waals surface area contributed by atoms with Gasteiger partial charge < -0.3 is 4.74 Å². The van der Waals surface area contributed by atoms with Gasteiger partial charge in [-0.25, -0.2) is 4.39 Å². The van der Waals surface area contributed by atoms with Gasteiger partial charge in [0.05, 0.1) is 17.5 Å². The Morgan fingerprint density at radius 1 is 1.30 bits per heavy atom. The van der Waals surface area contributed by atoms with E-state index in [9.17, 15) is 4.39 Å². The number of benzene rings is 1. The fourth-order valence-electron chi connectivity index (χ4n) is 3.15. The molecule has 4 nitrogen and oxygen atoms in total. The molecule has 2 aromatic rings. The number of rotatable bonds is 6. The van der Waals surface area contributed by atoms with Gasteiger partial charge in [-0.05, 0) is 43.5 Å². The third kappa shape index (κ3) is 4.39. The van der Waals surface area contributed by atoms with Crippen molar-refractivity contribution in [3.8, 4) is 0 Å². The van der Waals surface area contributed by atoms with Crippen LogP contribution >= 0.6 is 0 Å². The van der Waals surface area contributed by atoms with Crippen LogP contribution in [0.5, 0.6) is 0 Å². The molecule has 0 aliphatic carbocycles. The van der Waals surface area contributed by atoms with E-state index in [1.54, 1.807) is 0 Å². The van der Waals surface area contributed by atoms with E-state index < -0.39 is 0 Å². The first-order valence-electron chi connectivity index (χ1n) is 8.18. The van der Waals surface area contributed by atoms with Crippen LogP contribution in [0.1, 0.15) is 29.8 Å². The molecule has 3 rings (SSSR count). The second-order valence-corrected chi connectivity index (χ2v) is 6.33. The number of hydrogen-bond acceptors (Lipinski definition) is 3. The lowest BCUT2D eigenvalue weighted by Gasteiger charge is -2.25. The highest BCUT2D eigenvalue weighted by atomic mass is 19.1. The molecule has 1 aliphatic rings. The van der Waals surface area contributed by atoms with Crippen molar-refractivity contribution in [1.29, 1.82) is 0 Å². The van der Waals surface area contributed by atoms with Crippen LogP contribution < -0.4 is 0 Å². The Balaban J connectivity index is 1.72. The second kappa shape index (κ2) is 7.23. The first-order valence-corrected chi connectivity index (χ1v) is 8.18. The summed E-state index contributed by atoms with van der Waals surface area (Å²) in [7, 11) is 1.98. The van der Waals surface area contributed by atoms with Gasteiger partial charge >= 0.3 is 0 Å². The van der Waals surface area contributed by atoms with Gasteiger partial charge in [-0.1, -0.05) is 12.1 Å². The molecular weight excluding hydrogens is 293 g/mol. The third-order valence-corrected chi connectivity index (χ3v) is 4.29. The van der Waals surface area contributed by atoms with E-state index in [0.29, 0.717) is 6.10 Å². The van der Waals surface area contributed by atoms with Crippen LogP contribution in [-0.2, 0) is 24.9 Å². The molecule has 0 spiro atoms. The number of halogens is 1. The molecule has 124 valence electrons. The first-order chi connectivity index (χ1) is 11.1. The van der Waals surface area contributed by atoms with Crippen LogP contribution in [0.2, 0.25) is 0 Å². The van der Waals surface area contributed by atoms with Crippen LogP contribution in [0.3, 0.4) is 0 Å². The van der Waals surface area contributed by atoms with Crippen LogP contribution in [0.15, 0.2) is 30.3 Å². The highest BCUT2D eigenvalue weighted by Gasteiger charge is 2.20. The first kappa shape index (κ1) is 16.1. The molecule has 1 aromatic heterocycles. The van der Waals surface area contributed by atoms with Gasteiger partial charge in [0, 0.05) is 33.3 Å². The number of ether oxygens (including phenoxy) is 1. The maximum Gasteiger partial charge on any atom is 0.123 e. The molecule has 0 amide bonds. The minimum Gasteiger partial charge on any atom is -0.377 e. The maximum atomic E-state index is 13.1. The lowest BCUT2D eigenvalue weighted by molar-refractivity contribution is 0.0670. The van der Waals surface area contributed by atoms with Crippen LogP contribution in [-0.4, -0.2) is 33.9 Å². The lowest BCUT2D eigenvalue weighted by Crippen LogP contribution is -2.32. The van der Waals surface area contributed by atoms with Crippen molar-refractivity contribution < 1.29 is 9.13 Å². The quantitative estimate of drug-likeness (QED) is 0.820. The predicted octanol–water partition coefficient (Wildman–Crippen LogP) is 3.05. The third-order valence-electron chi connectivity index (χ3n) is 4.29. The largest absolute Gasteiger partial charge is 0.377 e. The number of aryl methyl sites for hydroxylation is 2. The summed E-state index contributed by atoms with van der Waals surface area (Å²) in [6, 6.07) is 8.87. The normalized spacial score (nSPS) is 18.0. The minimum atomic E-state index is -0.193. The Labute approximate surface area is 136 Å². The van der Waals surface area contributed by atoms with Gasteiger partial charge in [0.15, 0.2) is 0 Å². The number of aromatic nitrogens is 2. The Morgan fingerprint density at radius 3 is 2.70 bits per heavy atom. The zero-order valence-electron chi connectivity index (χ0n) is 13.8. The number of hydrogen-bond donors (Lipinski definition) is 0. The van der Waals surface area contributed by atoms with E-state index in [1.165, 1.54) is 17.8 Å². The average molecular weight is 317 g/mol. The van der Waals surface area contributed by atoms with Crippen LogP contribution in [0.25, 0.3) is 0 Å². The molecule has 1 saturated heterocycles. The van der Waals surface area contributed by atoms with E-state index in [4.69, 9.17) is 4.74 Å². The topological polar surface area (TPSA) is 30.3 Å². The number of nitrogens with zero attached hydrogens (tertiary/aromatic N) is 3. The average Bonchev–Trinajstić information content (AvgIpc) is 3.12. The van der Waals surface area contributed by atoms with Crippen molar-refractivity contribution in [2.75, 3.05) is 13.2 Å². The van der Waals surface area contributed by atoms with E-state index in [2.05, 4.69) is 16.1 Å². The second-order valence-electron chi connectivity index (χ2n) is 6.33. The van der Waals surface area contributed by atoms with Crippen molar-refractivity contribution in [2.24, 2.45) is 7.05 Å². The molecule has 1 aliphatic heterocycles. The zero-order valence-corrected chi connectivity index (χ0v) is 13.8. The summed E-state index contributed by atoms with van der Waals surface area (Å²) in [5, 5.41) is 4.42. The molecule has 0 N–H and O–H groups in total. The highest BCUT2D eigenvalue weighted by molar-refractivity contribution is 5.16. The van der Waals surface area contributed by atoms with Crippen LogP contribution in [0, 0.1) is 12.7 Å². The van der Waals surface area contributed by atoms with Crippen molar-refractivity contribution in [3.63, 3.8) is 0 Å². The molecule has 1 fully saturated rings. The van der Waals surface area contributed by atoms with Gasteiger partial charge in [-0.2, -0.15) is 5.10 Å². The monoisotopic (exact) mass is 317 g/mol. The van der Waals surface area contributed by atoms with Gasteiger partial charge in [0.1, 0.15) is 5.82 Å². The smallest absolute Gasteiger partial charge is 0.123 e. The Morgan fingerprint density at radius 2 is 2.09 bits per heavy atom. The molecule has 2 heterocycles. The van der Waals surface area contributed by atoms with Gasteiger partial charge in [-0.3, -0.25) is 9.58 Å². The maximum absolute atomic E-state index is 13.1. The fraction of sp³-hybridized carbons (Fsp3) is 0.500. The van der Waals surface area contributed by atoms with Crippen molar-refractivity contribution >= 4 is 0 Å². The van der Waals surface area contributed by atoms with Gasteiger partial charge in [-0.15, -0.1) is 0 Å². The summed E-state index contributed by atoms with van der Waals surface area (Å²) in [4.78, 5) is 2.36. The molecule has 1 atom stereocenters. The van der Waals surface area contributed by atoms with E-state index in [0.717, 1.165) is 50.3 Å². The minimum absolute atomic E-state index is 0.193. The summed E-state index contributed by atoms with van der Waals surface area (Å²) < 4.78 is 20.8. The molecule has 5 heteroatoms.